The average molecular weight is 794 g/mol. The zero-order chi connectivity index (χ0) is 38.5. The summed E-state index contributed by atoms with van der Waals surface area (Å²) in [6.45, 7) is 6.66. The van der Waals surface area contributed by atoms with E-state index in [1.54, 1.807) is 36.4 Å². The molecule has 0 aliphatic heterocycles. The Hall–Kier alpha value is -5.08. The summed E-state index contributed by atoms with van der Waals surface area (Å²) >= 11 is 12.6. The number of hydrogen-bond donors (Lipinski definition) is 2. The lowest BCUT2D eigenvalue weighted by molar-refractivity contribution is 0.225. The zero-order valence-corrected chi connectivity index (χ0v) is 32.3. The average Bonchev–Trinajstić information content (AvgIpc) is 3.99. The van der Waals surface area contributed by atoms with Crippen molar-refractivity contribution in [3.8, 4) is 34.3 Å². The van der Waals surface area contributed by atoms with Crippen LogP contribution in [-0.2, 0) is 18.6 Å². The van der Waals surface area contributed by atoms with Crippen LogP contribution in [0.25, 0.3) is 22.8 Å². The van der Waals surface area contributed by atoms with Gasteiger partial charge in [-0.2, -0.15) is 0 Å². The fourth-order valence-corrected chi connectivity index (χ4v) is 7.54. The van der Waals surface area contributed by atoms with Gasteiger partial charge >= 0.3 is 11.5 Å². The minimum atomic E-state index is -0.630. The molecular formula is C39H42Cl2N6O8. The molecular weight excluding hydrogens is 751 g/mol. The molecule has 2 fully saturated rings. The van der Waals surface area contributed by atoms with Gasteiger partial charge in [0.25, 0.3) is 0 Å². The number of benzene rings is 2. The molecule has 4 heterocycles. The smallest absolute Gasteiger partial charge is 0.439 e. The largest absolute Gasteiger partial charge is 0.486 e. The molecule has 4 aromatic heterocycles. The van der Waals surface area contributed by atoms with Crippen LogP contribution in [0.3, 0.4) is 0 Å². The topological polar surface area (TPSA) is 188 Å². The maximum atomic E-state index is 11.1. The molecule has 0 atom stereocenters. The van der Waals surface area contributed by atoms with E-state index < -0.39 is 11.5 Å². The summed E-state index contributed by atoms with van der Waals surface area (Å²) in [5.74, 6) is 3.98. The van der Waals surface area contributed by atoms with Crippen LogP contribution in [0, 0.1) is 13.8 Å². The first-order valence-electron chi connectivity index (χ1n) is 18.4. The van der Waals surface area contributed by atoms with Crippen molar-refractivity contribution in [3.63, 3.8) is 0 Å². The molecule has 55 heavy (non-hydrogen) atoms. The molecule has 2 aliphatic carbocycles. The molecule has 290 valence electrons. The molecule has 16 heteroatoms. The fourth-order valence-electron chi connectivity index (χ4n) is 7.02. The summed E-state index contributed by atoms with van der Waals surface area (Å²) in [5.41, 5.74) is 2.84. The number of aromatic amines is 2. The maximum absolute atomic E-state index is 11.1. The van der Waals surface area contributed by atoms with E-state index in [1.807, 2.05) is 13.8 Å². The summed E-state index contributed by atoms with van der Waals surface area (Å²) in [4.78, 5) is 36.4. The zero-order valence-electron chi connectivity index (χ0n) is 30.8. The highest BCUT2D eigenvalue weighted by Crippen LogP contribution is 2.39. The number of ether oxygens (including phenoxy) is 2. The minimum absolute atomic E-state index is 0.0146. The Balaban J connectivity index is 0.000000169. The van der Waals surface area contributed by atoms with Crippen molar-refractivity contribution in [2.24, 2.45) is 0 Å². The number of H-pyrrole nitrogens is 2. The van der Waals surface area contributed by atoms with E-state index in [0.717, 1.165) is 60.4 Å². The van der Waals surface area contributed by atoms with Gasteiger partial charge in [-0.05, 0) is 75.9 Å². The van der Waals surface area contributed by atoms with Crippen LogP contribution in [0.2, 0.25) is 10.0 Å². The van der Waals surface area contributed by atoms with Gasteiger partial charge in [0.1, 0.15) is 24.7 Å². The lowest BCUT2D eigenvalue weighted by atomic mass is 9.76. The Labute approximate surface area is 325 Å². The Morgan fingerprint density at radius 1 is 0.727 bits per heavy atom. The minimum Gasteiger partial charge on any atom is -0.486 e. The second kappa shape index (κ2) is 16.7. The molecule has 0 amide bonds. The van der Waals surface area contributed by atoms with Crippen LogP contribution in [0.5, 0.6) is 11.5 Å². The number of rotatable bonds is 10. The van der Waals surface area contributed by atoms with Crippen molar-refractivity contribution < 1.29 is 27.4 Å². The van der Waals surface area contributed by atoms with Gasteiger partial charge < -0.3 is 18.3 Å². The van der Waals surface area contributed by atoms with Gasteiger partial charge in [0.05, 0.1) is 21.4 Å². The first kappa shape index (κ1) is 38.2. The predicted molar refractivity (Wildman–Crippen MR) is 203 cm³/mol. The van der Waals surface area contributed by atoms with Gasteiger partial charge in [0.15, 0.2) is 29.1 Å². The van der Waals surface area contributed by atoms with E-state index >= 15 is 0 Å². The molecule has 6 aromatic rings. The normalized spacial score (nSPS) is 15.7. The monoisotopic (exact) mass is 792 g/mol. The van der Waals surface area contributed by atoms with E-state index in [4.69, 9.17) is 41.5 Å². The summed E-state index contributed by atoms with van der Waals surface area (Å²) in [7, 11) is 0. The summed E-state index contributed by atoms with van der Waals surface area (Å²) in [6, 6.07) is 10.3. The number of oxazole rings is 2. The Morgan fingerprint density at radius 3 is 1.75 bits per heavy atom. The first-order valence-corrected chi connectivity index (χ1v) is 19.2. The van der Waals surface area contributed by atoms with E-state index in [0.29, 0.717) is 38.6 Å². The lowest BCUT2D eigenvalue weighted by Crippen LogP contribution is -2.25. The third kappa shape index (κ3) is 9.08. The maximum Gasteiger partial charge on any atom is 0.439 e. The van der Waals surface area contributed by atoms with Crippen molar-refractivity contribution in [2.75, 3.05) is 0 Å². The molecule has 0 radical (unpaired) electrons. The molecule has 14 nitrogen and oxygen atoms in total. The van der Waals surface area contributed by atoms with Crippen LogP contribution in [-0.4, -0.2) is 30.2 Å². The van der Waals surface area contributed by atoms with Gasteiger partial charge in [-0.25, -0.2) is 19.6 Å². The molecule has 8 rings (SSSR count). The van der Waals surface area contributed by atoms with Crippen molar-refractivity contribution in [3.05, 3.63) is 102 Å². The summed E-state index contributed by atoms with van der Waals surface area (Å²) in [5, 5.41) is 8.07. The van der Waals surface area contributed by atoms with Crippen molar-refractivity contribution in [1.82, 2.24) is 30.2 Å². The van der Waals surface area contributed by atoms with Gasteiger partial charge in [0.2, 0.25) is 5.89 Å². The highest BCUT2D eigenvalue weighted by molar-refractivity contribution is 6.33. The molecule has 0 spiro atoms. The molecule has 0 bridgehead atoms. The van der Waals surface area contributed by atoms with Gasteiger partial charge in [-0.15, -0.1) is 0 Å². The molecule has 0 unspecified atom stereocenters. The van der Waals surface area contributed by atoms with Gasteiger partial charge in [0, 0.05) is 22.5 Å². The first-order chi connectivity index (χ1) is 26.5. The number of aromatic nitrogens is 6. The summed E-state index contributed by atoms with van der Waals surface area (Å²) in [6.07, 6.45) is 12.0. The van der Waals surface area contributed by atoms with Crippen LogP contribution in [0.15, 0.2) is 63.9 Å². The third-order valence-electron chi connectivity index (χ3n) is 10.2. The molecule has 2 aromatic carbocycles. The number of hydrogen-bond acceptors (Lipinski definition) is 12. The lowest BCUT2D eigenvalue weighted by Gasteiger charge is -2.30. The Bertz CT molecular complexity index is 2340. The van der Waals surface area contributed by atoms with E-state index in [1.165, 1.54) is 38.5 Å². The fraction of sp³-hybridized carbons (Fsp3) is 0.436. The van der Waals surface area contributed by atoms with E-state index in [-0.39, 0.29) is 30.3 Å². The second-order valence-corrected chi connectivity index (χ2v) is 15.1. The standard InChI is InChI=1S/C20H22ClN3O4.C19H20ClN3O4/c1-12-16(27-18(22-12)20(2)8-4-3-5-9-20)11-26-13-6-7-14(15(21)10-13)17-23-19(25)28-24-17;1-11-16(26-18(21-11)12-5-3-2-4-6-12)10-25-13-7-8-14(15(20)9-13)17-22-19(24)27-23-17/h6-7,10H,3-5,8-9,11H2,1-2H3,(H,23,24,25);7-9,12H,2-6,10H2,1H3,(H,22,23,24). The predicted octanol–water partition coefficient (Wildman–Crippen LogP) is 9.39. The summed E-state index contributed by atoms with van der Waals surface area (Å²) < 4.78 is 32.7. The van der Waals surface area contributed by atoms with Crippen LogP contribution in [0.4, 0.5) is 0 Å². The molecule has 2 N–H and O–H groups in total. The number of nitrogens with zero attached hydrogens (tertiary/aromatic N) is 4. The Kier molecular flexibility index (Phi) is 11.6. The van der Waals surface area contributed by atoms with E-state index in [9.17, 15) is 9.59 Å². The molecule has 0 saturated heterocycles. The van der Waals surface area contributed by atoms with Crippen LogP contribution >= 0.6 is 23.2 Å². The highest BCUT2D eigenvalue weighted by Gasteiger charge is 2.34. The Morgan fingerprint density at radius 2 is 1.24 bits per heavy atom. The molecule has 2 saturated carbocycles. The third-order valence-corrected chi connectivity index (χ3v) is 10.9. The number of halogens is 2. The number of aryl methyl sites for hydroxylation is 2. The quantitative estimate of drug-likeness (QED) is 0.134. The van der Waals surface area contributed by atoms with Gasteiger partial charge in [-0.3, -0.25) is 19.0 Å². The number of nitrogens with one attached hydrogen (secondary N) is 2. The van der Waals surface area contributed by atoms with Crippen LogP contribution in [0.1, 0.15) is 112 Å². The molecule has 2 aliphatic rings. The van der Waals surface area contributed by atoms with Crippen molar-refractivity contribution in [1.29, 1.82) is 0 Å². The second-order valence-electron chi connectivity index (χ2n) is 14.3. The van der Waals surface area contributed by atoms with Crippen LogP contribution < -0.4 is 21.0 Å². The highest BCUT2D eigenvalue weighted by atomic mass is 35.5. The van der Waals surface area contributed by atoms with E-state index in [2.05, 4.69) is 46.2 Å². The van der Waals surface area contributed by atoms with Gasteiger partial charge in [-0.1, -0.05) is 79.0 Å². The SMILES string of the molecule is Cc1nc(C2(C)CCCCC2)oc1COc1ccc(-c2noc(=O)[nH]2)c(Cl)c1.Cc1nc(C2CCCCC2)oc1COc1ccc(-c2noc(=O)[nH]2)c(Cl)c1. The van der Waals surface area contributed by atoms with Crippen molar-refractivity contribution in [2.45, 2.75) is 110 Å². The van der Waals surface area contributed by atoms with Crippen molar-refractivity contribution >= 4 is 23.2 Å².